The molecule has 1 aliphatic carbocycles. The number of halogens is 2. The van der Waals surface area contributed by atoms with Crippen molar-refractivity contribution >= 4 is 5.91 Å². The molecule has 0 aromatic carbocycles. The summed E-state index contributed by atoms with van der Waals surface area (Å²) < 4.78 is 28.1. The molecule has 2 aliphatic rings. The third-order valence-electron chi connectivity index (χ3n) is 3.51. The number of hydrogen-bond donors (Lipinski definition) is 1. The number of amides is 1. The van der Waals surface area contributed by atoms with Crippen LogP contribution >= 0.6 is 0 Å². The van der Waals surface area contributed by atoms with E-state index in [0.717, 1.165) is 19.3 Å². The second-order valence-electron chi connectivity index (χ2n) is 4.82. The summed E-state index contributed by atoms with van der Waals surface area (Å²) in [5.41, 5.74) is -1.27. The summed E-state index contributed by atoms with van der Waals surface area (Å²) in [5, 5.41) is 10.2. The fourth-order valence-corrected chi connectivity index (χ4v) is 2.48. The molecule has 17 heavy (non-hydrogen) atoms. The van der Waals surface area contributed by atoms with Gasteiger partial charge in [-0.2, -0.15) is 8.78 Å². The third kappa shape index (κ3) is 2.74. The van der Waals surface area contributed by atoms with Crippen molar-refractivity contribution in [3.05, 3.63) is 0 Å². The first kappa shape index (κ1) is 12.7. The molecule has 2 rings (SSSR count). The molecule has 1 N–H and O–H groups in total. The number of alkyl halides is 2. The molecule has 0 radical (unpaired) electrons. The van der Waals surface area contributed by atoms with Gasteiger partial charge >= 0.3 is 6.61 Å². The number of nitrogens with zero attached hydrogens (tertiary/aromatic N) is 1. The third-order valence-corrected chi connectivity index (χ3v) is 3.51. The molecular formula is C11H17F2NO3. The van der Waals surface area contributed by atoms with Gasteiger partial charge in [0.05, 0.1) is 6.10 Å². The molecule has 0 aromatic rings. The van der Waals surface area contributed by atoms with Gasteiger partial charge in [0.1, 0.15) is 5.60 Å². The lowest BCUT2D eigenvalue weighted by atomic mass is 9.83. The Balaban J connectivity index is 1.82. The first-order valence-corrected chi connectivity index (χ1v) is 5.97. The van der Waals surface area contributed by atoms with E-state index in [1.54, 1.807) is 0 Å². The standard InChI is InChI=1S/C11H17F2NO3/c12-10(13)17-8-6-14(7-8)9(15)11(16)4-2-1-3-5-11/h8,10,16H,1-7H2. The minimum atomic E-state index is -2.80. The van der Waals surface area contributed by atoms with Crippen molar-refractivity contribution in [1.82, 2.24) is 4.90 Å². The Kier molecular flexibility index (Phi) is 3.63. The summed E-state index contributed by atoms with van der Waals surface area (Å²) in [6.07, 6.45) is 3.07. The highest BCUT2D eigenvalue weighted by atomic mass is 19.3. The Labute approximate surface area is 98.5 Å². The molecule has 0 unspecified atom stereocenters. The average Bonchev–Trinajstić information content (AvgIpc) is 2.22. The lowest BCUT2D eigenvalue weighted by Gasteiger charge is -2.43. The van der Waals surface area contributed by atoms with E-state index in [-0.39, 0.29) is 19.0 Å². The SMILES string of the molecule is O=C(N1CC(OC(F)F)C1)C1(O)CCCCC1. The van der Waals surface area contributed by atoms with E-state index in [1.807, 2.05) is 0 Å². The second kappa shape index (κ2) is 4.86. The lowest BCUT2D eigenvalue weighted by Crippen LogP contribution is -2.61. The number of rotatable bonds is 3. The summed E-state index contributed by atoms with van der Waals surface area (Å²) in [5.74, 6) is -0.327. The van der Waals surface area contributed by atoms with Crippen molar-refractivity contribution in [2.24, 2.45) is 0 Å². The monoisotopic (exact) mass is 249 g/mol. The minimum Gasteiger partial charge on any atom is -0.380 e. The van der Waals surface area contributed by atoms with Gasteiger partial charge in [0, 0.05) is 13.1 Å². The molecule has 1 saturated carbocycles. The first-order valence-electron chi connectivity index (χ1n) is 5.97. The van der Waals surface area contributed by atoms with Crippen LogP contribution in [0.25, 0.3) is 0 Å². The normalized spacial score (nSPS) is 24.8. The molecule has 1 heterocycles. The van der Waals surface area contributed by atoms with Crippen LogP contribution < -0.4 is 0 Å². The molecule has 0 bridgehead atoms. The van der Waals surface area contributed by atoms with Gasteiger partial charge in [-0.1, -0.05) is 19.3 Å². The van der Waals surface area contributed by atoms with Crippen molar-refractivity contribution < 1.29 is 23.4 Å². The topological polar surface area (TPSA) is 49.8 Å². The predicted molar refractivity (Wildman–Crippen MR) is 55.5 cm³/mol. The highest BCUT2D eigenvalue weighted by Crippen LogP contribution is 2.31. The van der Waals surface area contributed by atoms with Crippen LogP contribution in [0.3, 0.4) is 0 Å². The van der Waals surface area contributed by atoms with E-state index in [0.29, 0.717) is 12.8 Å². The fraction of sp³-hybridized carbons (Fsp3) is 0.909. The summed E-state index contributed by atoms with van der Waals surface area (Å²) in [7, 11) is 0. The molecule has 0 aromatic heterocycles. The van der Waals surface area contributed by atoms with Crippen LogP contribution in [0.1, 0.15) is 32.1 Å². The van der Waals surface area contributed by atoms with Gasteiger partial charge in [-0.05, 0) is 12.8 Å². The van der Waals surface area contributed by atoms with Crippen molar-refractivity contribution in [3.63, 3.8) is 0 Å². The van der Waals surface area contributed by atoms with E-state index >= 15 is 0 Å². The fourth-order valence-electron chi connectivity index (χ4n) is 2.48. The first-order chi connectivity index (χ1) is 8.01. The van der Waals surface area contributed by atoms with Crippen LogP contribution in [0.15, 0.2) is 0 Å². The van der Waals surface area contributed by atoms with Crippen molar-refractivity contribution in [3.8, 4) is 0 Å². The summed E-state index contributed by atoms with van der Waals surface area (Å²) in [6.45, 7) is -2.48. The van der Waals surface area contributed by atoms with Gasteiger partial charge in [-0.15, -0.1) is 0 Å². The minimum absolute atomic E-state index is 0.158. The number of hydrogen-bond acceptors (Lipinski definition) is 3. The maximum Gasteiger partial charge on any atom is 0.345 e. The van der Waals surface area contributed by atoms with E-state index in [1.165, 1.54) is 4.90 Å². The zero-order valence-electron chi connectivity index (χ0n) is 9.57. The average molecular weight is 249 g/mol. The zero-order valence-corrected chi connectivity index (χ0v) is 9.57. The summed E-state index contributed by atoms with van der Waals surface area (Å²) in [4.78, 5) is 13.4. The van der Waals surface area contributed by atoms with Gasteiger partial charge in [-0.3, -0.25) is 4.79 Å². The molecule has 0 spiro atoms. The van der Waals surface area contributed by atoms with E-state index < -0.39 is 18.3 Å². The Morgan fingerprint density at radius 3 is 2.41 bits per heavy atom. The van der Waals surface area contributed by atoms with Gasteiger partial charge in [0.15, 0.2) is 0 Å². The number of likely N-dealkylation sites (tertiary alicyclic amines) is 1. The summed E-state index contributed by atoms with van der Waals surface area (Å²) >= 11 is 0. The summed E-state index contributed by atoms with van der Waals surface area (Å²) in [6, 6.07) is 0. The van der Waals surface area contributed by atoms with Crippen molar-refractivity contribution in [2.75, 3.05) is 13.1 Å². The van der Waals surface area contributed by atoms with Crippen molar-refractivity contribution in [2.45, 2.75) is 50.4 Å². The Morgan fingerprint density at radius 2 is 1.88 bits per heavy atom. The Hall–Kier alpha value is -0.750. The van der Waals surface area contributed by atoms with Gasteiger partial charge in [-0.25, -0.2) is 0 Å². The number of carbonyl (C=O) groups is 1. The van der Waals surface area contributed by atoms with Gasteiger partial charge in [0.2, 0.25) is 0 Å². The molecular weight excluding hydrogens is 232 g/mol. The second-order valence-corrected chi connectivity index (χ2v) is 4.82. The molecule has 1 amide bonds. The van der Waals surface area contributed by atoms with E-state index in [4.69, 9.17) is 0 Å². The number of ether oxygens (including phenoxy) is 1. The van der Waals surface area contributed by atoms with E-state index in [2.05, 4.69) is 4.74 Å². The number of carbonyl (C=O) groups excluding carboxylic acids is 1. The number of aliphatic hydroxyl groups is 1. The molecule has 2 fully saturated rings. The Morgan fingerprint density at radius 1 is 1.29 bits per heavy atom. The van der Waals surface area contributed by atoms with Crippen LogP contribution in [-0.2, 0) is 9.53 Å². The molecule has 0 atom stereocenters. The zero-order chi connectivity index (χ0) is 12.5. The van der Waals surface area contributed by atoms with Gasteiger partial charge in [0.25, 0.3) is 5.91 Å². The van der Waals surface area contributed by atoms with Crippen LogP contribution in [0.5, 0.6) is 0 Å². The predicted octanol–water partition coefficient (Wildman–Crippen LogP) is 1.13. The maximum atomic E-state index is 12.0. The Bertz CT molecular complexity index is 286. The molecule has 4 nitrogen and oxygen atoms in total. The van der Waals surface area contributed by atoms with Crippen LogP contribution in [0, 0.1) is 0 Å². The van der Waals surface area contributed by atoms with Crippen LogP contribution in [0.4, 0.5) is 8.78 Å². The van der Waals surface area contributed by atoms with Crippen molar-refractivity contribution in [1.29, 1.82) is 0 Å². The van der Waals surface area contributed by atoms with Gasteiger partial charge < -0.3 is 14.7 Å². The van der Waals surface area contributed by atoms with Crippen LogP contribution in [0.2, 0.25) is 0 Å². The van der Waals surface area contributed by atoms with E-state index in [9.17, 15) is 18.7 Å². The highest BCUT2D eigenvalue weighted by molar-refractivity contribution is 5.85. The maximum absolute atomic E-state index is 12.0. The quantitative estimate of drug-likeness (QED) is 0.815. The lowest BCUT2D eigenvalue weighted by molar-refractivity contribution is -0.206. The molecule has 6 heteroatoms. The highest BCUT2D eigenvalue weighted by Gasteiger charge is 2.44. The van der Waals surface area contributed by atoms with Crippen LogP contribution in [-0.4, -0.2) is 47.3 Å². The molecule has 98 valence electrons. The largest absolute Gasteiger partial charge is 0.380 e. The molecule has 1 saturated heterocycles. The molecule has 1 aliphatic heterocycles. The smallest absolute Gasteiger partial charge is 0.345 e.